The smallest absolute Gasteiger partial charge is 0.331 e. The van der Waals surface area contributed by atoms with Gasteiger partial charge in [-0.1, -0.05) is 0 Å². The monoisotopic (exact) mass is 328 g/mol. The van der Waals surface area contributed by atoms with Crippen molar-refractivity contribution in [2.24, 2.45) is 13.0 Å². The molecule has 2 heterocycles. The molecule has 0 spiro atoms. The van der Waals surface area contributed by atoms with Crippen molar-refractivity contribution in [3.63, 3.8) is 0 Å². The zero-order valence-electron chi connectivity index (χ0n) is 12.8. The van der Waals surface area contributed by atoms with Gasteiger partial charge in [-0.15, -0.1) is 0 Å². The Balaban J connectivity index is 2.28. The molecule has 1 aliphatic rings. The van der Waals surface area contributed by atoms with Crippen LogP contribution in [0.3, 0.4) is 0 Å². The standard InChI is InChI=1S/C13H17FN4O5/c1-3-23-13(20)8-4-5-17(7-9(14)11(8)19)12-10(18(21)22)6-15-16(12)2/h6,8-9H,3-5,7H2,1-2H3/t8-,9+/m0/s1. The van der Waals surface area contributed by atoms with Gasteiger partial charge in [0.15, 0.2) is 12.0 Å². The molecule has 0 N–H and O–H groups in total. The molecule has 1 aliphatic heterocycles. The third kappa shape index (κ3) is 3.30. The lowest BCUT2D eigenvalue weighted by atomic mass is 9.98. The highest BCUT2D eigenvalue weighted by Crippen LogP contribution is 2.30. The summed E-state index contributed by atoms with van der Waals surface area (Å²) in [4.78, 5) is 35.6. The molecule has 9 nitrogen and oxygen atoms in total. The third-order valence-corrected chi connectivity index (χ3v) is 3.68. The molecule has 0 unspecified atom stereocenters. The molecule has 0 amide bonds. The van der Waals surface area contributed by atoms with E-state index in [-0.39, 0.29) is 37.6 Å². The molecule has 1 aromatic heterocycles. The van der Waals surface area contributed by atoms with E-state index in [2.05, 4.69) is 5.10 Å². The summed E-state index contributed by atoms with van der Waals surface area (Å²) in [5, 5.41) is 14.9. The number of carbonyl (C=O) groups is 2. The van der Waals surface area contributed by atoms with Crippen LogP contribution in [0.1, 0.15) is 13.3 Å². The Kier molecular flexibility index (Phi) is 4.92. The number of halogens is 1. The first-order valence-electron chi connectivity index (χ1n) is 7.12. The van der Waals surface area contributed by atoms with Gasteiger partial charge < -0.3 is 9.64 Å². The maximum absolute atomic E-state index is 14.2. The summed E-state index contributed by atoms with van der Waals surface area (Å²) in [6.07, 6.45) is -0.833. The minimum absolute atomic E-state index is 0.0282. The van der Waals surface area contributed by atoms with Crippen molar-refractivity contribution in [1.29, 1.82) is 0 Å². The summed E-state index contributed by atoms with van der Waals surface area (Å²) in [5.41, 5.74) is -0.276. The van der Waals surface area contributed by atoms with Gasteiger partial charge >= 0.3 is 11.7 Å². The Hall–Kier alpha value is -2.52. The van der Waals surface area contributed by atoms with Gasteiger partial charge in [0.25, 0.3) is 0 Å². The fraction of sp³-hybridized carbons (Fsp3) is 0.615. The van der Waals surface area contributed by atoms with E-state index in [0.717, 1.165) is 6.20 Å². The zero-order chi connectivity index (χ0) is 17.1. The number of ether oxygens (including phenoxy) is 1. The summed E-state index contributed by atoms with van der Waals surface area (Å²) in [5.74, 6) is -2.70. The van der Waals surface area contributed by atoms with Crippen LogP contribution in [0.4, 0.5) is 15.9 Å². The van der Waals surface area contributed by atoms with Crippen molar-refractivity contribution in [2.45, 2.75) is 19.5 Å². The Bertz CT molecular complexity index is 632. The number of alkyl halides is 1. The largest absolute Gasteiger partial charge is 0.465 e. The van der Waals surface area contributed by atoms with Crippen LogP contribution in [0.25, 0.3) is 0 Å². The van der Waals surface area contributed by atoms with E-state index in [9.17, 15) is 24.1 Å². The normalized spacial score (nSPS) is 21.9. The molecule has 2 rings (SSSR count). The molecular weight excluding hydrogens is 311 g/mol. The summed E-state index contributed by atoms with van der Waals surface area (Å²) in [6, 6.07) is 0. The predicted molar refractivity (Wildman–Crippen MR) is 76.7 cm³/mol. The first-order valence-corrected chi connectivity index (χ1v) is 7.12. The number of Topliss-reactive ketones (excluding diaryl/α,β-unsaturated/α-hetero) is 1. The van der Waals surface area contributed by atoms with Gasteiger partial charge in [0, 0.05) is 13.6 Å². The van der Waals surface area contributed by atoms with Crippen molar-refractivity contribution in [3.05, 3.63) is 16.3 Å². The van der Waals surface area contributed by atoms with E-state index in [1.165, 1.54) is 16.6 Å². The lowest BCUT2D eigenvalue weighted by Gasteiger charge is -2.22. The van der Waals surface area contributed by atoms with E-state index in [0.29, 0.717) is 0 Å². The predicted octanol–water partition coefficient (Wildman–Crippen LogP) is 0.625. The van der Waals surface area contributed by atoms with Gasteiger partial charge in [-0.05, 0) is 13.3 Å². The van der Waals surface area contributed by atoms with E-state index in [1.807, 2.05) is 0 Å². The van der Waals surface area contributed by atoms with Crippen LogP contribution >= 0.6 is 0 Å². The molecule has 1 saturated heterocycles. The average Bonchev–Trinajstić information content (AvgIpc) is 2.81. The van der Waals surface area contributed by atoms with Crippen LogP contribution in [0.15, 0.2) is 6.20 Å². The summed E-state index contributed by atoms with van der Waals surface area (Å²) in [7, 11) is 1.49. The van der Waals surface area contributed by atoms with Crippen LogP contribution in [-0.2, 0) is 21.4 Å². The summed E-state index contributed by atoms with van der Waals surface area (Å²) < 4.78 is 20.2. The lowest BCUT2D eigenvalue weighted by Crippen LogP contribution is -2.35. The van der Waals surface area contributed by atoms with Crippen LogP contribution < -0.4 is 4.90 Å². The number of esters is 1. The molecule has 0 saturated carbocycles. The highest BCUT2D eigenvalue weighted by molar-refractivity contribution is 6.01. The molecule has 126 valence electrons. The quantitative estimate of drug-likeness (QED) is 0.345. The van der Waals surface area contributed by atoms with Gasteiger partial charge in [0.1, 0.15) is 12.1 Å². The second-order valence-electron chi connectivity index (χ2n) is 5.14. The van der Waals surface area contributed by atoms with Gasteiger partial charge in [0.2, 0.25) is 5.82 Å². The number of ketones is 1. The second kappa shape index (κ2) is 6.71. The molecular formula is C13H17FN4O5. The number of aryl methyl sites for hydroxylation is 1. The highest BCUT2D eigenvalue weighted by atomic mass is 19.1. The average molecular weight is 328 g/mol. The number of rotatable bonds is 4. The van der Waals surface area contributed by atoms with Crippen molar-refractivity contribution in [3.8, 4) is 0 Å². The van der Waals surface area contributed by atoms with Gasteiger partial charge in [-0.25, -0.2) is 9.07 Å². The van der Waals surface area contributed by atoms with Crippen molar-refractivity contribution >= 4 is 23.3 Å². The van der Waals surface area contributed by atoms with E-state index < -0.39 is 28.8 Å². The Labute approximate surface area is 131 Å². The highest BCUT2D eigenvalue weighted by Gasteiger charge is 2.39. The molecule has 10 heteroatoms. The van der Waals surface area contributed by atoms with Crippen LogP contribution in [0, 0.1) is 16.0 Å². The van der Waals surface area contributed by atoms with Gasteiger partial charge in [-0.2, -0.15) is 5.10 Å². The Morgan fingerprint density at radius 1 is 1.61 bits per heavy atom. The van der Waals surface area contributed by atoms with Crippen LogP contribution in [0.2, 0.25) is 0 Å². The van der Waals surface area contributed by atoms with Crippen molar-refractivity contribution in [2.75, 3.05) is 24.6 Å². The molecule has 1 aromatic rings. The fourth-order valence-corrected chi connectivity index (χ4v) is 2.60. The van der Waals surface area contributed by atoms with E-state index in [1.54, 1.807) is 6.92 Å². The van der Waals surface area contributed by atoms with E-state index >= 15 is 0 Å². The topological polar surface area (TPSA) is 108 Å². The van der Waals surface area contributed by atoms with Crippen LogP contribution in [-0.4, -0.2) is 52.3 Å². The Morgan fingerprint density at radius 3 is 2.91 bits per heavy atom. The molecule has 0 aromatic carbocycles. The second-order valence-corrected chi connectivity index (χ2v) is 5.14. The number of hydrogen-bond donors (Lipinski definition) is 0. The maximum Gasteiger partial charge on any atom is 0.331 e. The van der Waals surface area contributed by atoms with Crippen molar-refractivity contribution in [1.82, 2.24) is 9.78 Å². The van der Waals surface area contributed by atoms with Gasteiger partial charge in [-0.3, -0.25) is 19.7 Å². The lowest BCUT2D eigenvalue weighted by molar-refractivity contribution is -0.384. The molecule has 1 fully saturated rings. The first-order chi connectivity index (χ1) is 10.9. The zero-order valence-corrected chi connectivity index (χ0v) is 12.8. The number of anilines is 1. The third-order valence-electron chi connectivity index (χ3n) is 3.68. The number of hydrogen-bond acceptors (Lipinski definition) is 7. The van der Waals surface area contributed by atoms with Gasteiger partial charge in [0.05, 0.1) is 18.1 Å². The fourth-order valence-electron chi connectivity index (χ4n) is 2.60. The SMILES string of the molecule is CCOC(=O)[C@H]1CCN(c2c([N+](=O)[O-])cnn2C)C[C@@H](F)C1=O. The number of nitrogens with zero attached hydrogens (tertiary/aromatic N) is 4. The summed E-state index contributed by atoms with van der Waals surface area (Å²) >= 11 is 0. The van der Waals surface area contributed by atoms with E-state index in [4.69, 9.17) is 4.74 Å². The number of aromatic nitrogens is 2. The maximum atomic E-state index is 14.2. The first kappa shape index (κ1) is 16.8. The number of carbonyl (C=O) groups excluding carboxylic acids is 2. The van der Waals surface area contributed by atoms with Crippen LogP contribution in [0.5, 0.6) is 0 Å². The molecule has 0 aliphatic carbocycles. The minimum Gasteiger partial charge on any atom is -0.465 e. The molecule has 0 radical (unpaired) electrons. The number of nitro groups is 1. The van der Waals surface area contributed by atoms with Crippen molar-refractivity contribution < 1.29 is 23.6 Å². The molecule has 23 heavy (non-hydrogen) atoms. The molecule has 0 bridgehead atoms. The Morgan fingerprint density at radius 2 is 2.30 bits per heavy atom. The minimum atomic E-state index is -1.93. The molecule has 2 atom stereocenters. The summed E-state index contributed by atoms with van der Waals surface area (Å²) in [6.45, 7) is 1.43.